The number of anilines is 1. The standard InChI is InChI=1S/C20H29N/c1-2-8-12-16-20(17-13-9-3-1)21-18-19-14-10-6-4-5-7-11-15-19/h1-3,8-9,12-13,16-17,19,21H,4-7,10-11,14-15,18H2. The van der Waals surface area contributed by atoms with Gasteiger partial charge in [-0.3, -0.25) is 0 Å². The van der Waals surface area contributed by atoms with Crippen LogP contribution in [0.15, 0.2) is 54.6 Å². The Morgan fingerprint density at radius 3 is 1.71 bits per heavy atom. The van der Waals surface area contributed by atoms with Crippen LogP contribution < -0.4 is 5.32 Å². The van der Waals surface area contributed by atoms with Gasteiger partial charge in [0.1, 0.15) is 0 Å². The van der Waals surface area contributed by atoms with Gasteiger partial charge in [0.15, 0.2) is 0 Å². The molecule has 0 spiro atoms. The summed E-state index contributed by atoms with van der Waals surface area (Å²) in [5.74, 6) is 0.840. The molecule has 1 fully saturated rings. The van der Waals surface area contributed by atoms with Crippen LogP contribution in [0, 0.1) is 5.92 Å². The van der Waals surface area contributed by atoms with Gasteiger partial charge in [0.25, 0.3) is 0 Å². The molecular formula is C20H29N. The molecular weight excluding hydrogens is 254 g/mol. The molecule has 1 aromatic rings. The zero-order valence-electron chi connectivity index (χ0n) is 13.1. The molecule has 0 amide bonds. The molecule has 0 atom stereocenters. The number of nitrogens with one attached hydrogen (secondary N) is 1. The summed E-state index contributed by atoms with van der Waals surface area (Å²) >= 11 is 0. The van der Waals surface area contributed by atoms with Crippen LogP contribution in [0.3, 0.4) is 0 Å². The van der Waals surface area contributed by atoms with Crippen molar-refractivity contribution in [3.8, 4) is 0 Å². The van der Waals surface area contributed by atoms with Gasteiger partial charge in [0.05, 0.1) is 0 Å². The van der Waals surface area contributed by atoms with Crippen LogP contribution in [0.2, 0.25) is 0 Å². The maximum atomic E-state index is 3.64. The van der Waals surface area contributed by atoms with E-state index >= 15 is 0 Å². The molecule has 114 valence electrons. The van der Waals surface area contributed by atoms with Crippen LogP contribution in [0.25, 0.3) is 0 Å². The van der Waals surface area contributed by atoms with Gasteiger partial charge in [-0.25, -0.2) is 0 Å². The summed E-state index contributed by atoms with van der Waals surface area (Å²) in [6.45, 7) is 1.11. The summed E-state index contributed by atoms with van der Waals surface area (Å²) < 4.78 is 0. The quantitative estimate of drug-likeness (QED) is 0.720. The fourth-order valence-corrected chi connectivity index (χ4v) is 3.00. The van der Waals surface area contributed by atoms with E-state index in [-0.39, 0.29) is 0 Å². The van der Waals surface area contributed by atoms with Gasteiger partial charge in [-0.1, -0.05) is 81.0 Å². The Bertz CT molecular complexity index is 405. The average molecular weight is 283 g/mol. The second-order valence-corrected chi connectivity index (χ2v) is 6.08. The maximum Gasteiger partial charge on any atom is 0.0340 e. The van der Waals surface area contributed by atoms with Gasteiger partial charge < -0.3 is 5.32 Å². The van der Waals surface area contributed by atoms with Crippen LogP contribution >= 0.6 is 0 Å². The van der Waals surface area contributed by atoms with E-state index in [9.17, 15) is 0 Å². The van der Waals surface area contributed by atoms with Crippen LogP contribution in [-0.4, -0.2) is 6.54 Å². The summed E-state index contributed by atoms with van der Waals surface area (Å²) in [7, 11) is 0. The van der Waals surface area contributed by atoms with Crippen LogP contribution in [-0.2, 0) is 0 Å². The van der Waals surface area contributed by atoms with Crippen molar-refractivity contribution in [2.24, 2.45) is 5.92 Å². The van der Waals surface area contributed by atoms with Crippen molar-refractivity contribution in [3.05, 3.63) is 54.6 Å². The van der Waals surface area contributed by atoms with Crippen molar-refractivity contribution in [2.75, 3.05) is 11.9 Å². The van der Waals surface area contributed by atoms with Gasteiger partial charge in [-0.15, -0.1) is 0 Å². The number of rotatable bonds is 3. The van der Waals surface area contributed by atoms with E-state index in [2.05, 4.69) is 53.8 Å². The van der Waals surface area contributed by atoms with Crippen LogP contribution in [0.4, 0.5) is 5.69 Å². The Morgan fingerprint density at radius 2 is 1.14 bits per heavy atom. The molecule has 21 heavy (non-hydrogen) atoms. The lowest BCUT2D eigenvalue weighted by Gasteiger charge is -2.17. The lowest BCUT2D eigenvalue weighted by atomic mass is 9.97. The Balaban J connectivity index is 1.91. The smallest absolute Gasteiger partial charge is 0.0340 e. The van der Waals surface area contributed by atoms with Gasteiger partial charge >= 0.3 is 0 Å². The van der Waals surface area contributed by atoms with Crippen LogP contribution in [0.1, 0.15) is 51.4 Å². The van der Waals surface area contributed by atoms with E-state index < -0.39 is 0 Å². The SMILES string of the molecule is c1ccccc(NCC2CCCCCCCC2)cccc1. The molecule has 1 heteroatoms. The van der Waals surface area contributed by atoms with E-state index in [4.69, 9.17) is 0 Å². The summed E-state index contributed by atoms with van der Waals surface area (Å²) in [5.41, 5.74) is 1.21. The first-order valence-electron chi connectivity index (χ1n) is 8.57. The normalized spacial score (nSPS) is 17.0. The predicted molar refractivity (Wildman–Crippen MR) is 93.0 cm³/mol. The lowest BCUT2D eigenvalue weighted by Crippen LogP contribution is -2.14. The molecule has 0 unspecified atom stereocenters. The molecule has 0 bridgehead atoms. The molecule has 1 aliphatic carbocycles. The average Bonchev–Trinajstić information content (AvgIpc) is 2.65. The minimum atomic E-state index is 0.840. The monoisotopic (exact) mass is 283 g/mol. The minimum Gasteiger partial charge on any atom is -0.385 e. The second-order valence-electron chi connectivity index (χ2n) is 6.08. The third kappa shape index (κ3) is 7.17. The molecule has 0 radical (unpaired) electrons. The second kappa shape index (κ2) is 10.3. The van der Waals surface area contributed by atoms with Gasteiger partial charge in [0.2, 0.25) is 0 Å². The van der Waals surface area contributed by atoms with E-state index in [1.165, 1.54) is 57.1 Å². The van der Waals surface area contributed by atoms with Crippen molar-refractivity contribution in [3.63, 3.8) is 0 Å². The molecule has 0 aliphatic heterocycles. The minimum absolute atomic E-state index is 0.840. The first kappa shape index (κ1) is 15.9. The molecule has 0 heterocycles. The Hall–Kier alpha value is -1.50. The Kier molecular flexibility index (Phi) is 7.76. The van der Waals surface area contributed by atoms with Crippen molar-refractivity contribution in [1.82, 2.24) is 0 Å². The molecule has 1 aliphatic rings. The third-order valence-corrected chi connectivity index (χ3v) is 4.29. The number of hydrogen-bond acceptors (Lipinski definition) is 1. The largest absolute Gasteiger partial charge is 0.385 e. The van der Waals surface area contributed by atoms with E-state index in [0.29, 0.717) is 0 Å². The molecule has 1 N–H and O–H groups in total. The summed E-state index contributed by atoms with van der Waals surface area (Å²) in [6, 6.07) is 18.8. The highest BCUT2D eigenvalue weighted by atomic mass is 14.9. The maximum absolute atomic E-state index is 3.64. The van der Waals surface area contributed by atoms with Crippen molar-refractivity contribution in [2.45, 2.75) is 51.4 Å². The number of hydrogen-bond donors (Lipinski definition) is 1. The van der Waals surface area contributed by atoms with Crippen LogP contribution in [0.5, 0.6) is 0 Å². The van der Waals surface area contributed by atoms with Crippen molar-refractivity contribution >= 4 is 5.69 Å². The van der Waals surface area contributed by atoms with E-state index in [0.717, 1.165) is 12.5 Å². The molecule has 0 saturated heterocycles. The van der Waals surface area contributed by atoms with Gasteiger partial charge in [-0.05, 0) is 30.9 Å². The topological polar surface area (TPSA) is 12.0 Å². The fourth-order valence-electron chi connectivity index (χ4n) is 3.00. The highest BCUT2D eigenvalue weighted by Crippen LogP contribution is 2.22. The van der Waals surface area contributed by atoms with Gasteiger partial charge in [-0.2, -0.15) is 0 Å². The first-order valence-corrected chi connectivity index (χ1v) is 8.57. The van der Waals surface area contributed by atoms with Crippen molar-refractivity contribution in [1.29, 1.82) is 0 Å². The lowest BCUT2D eigenvalue weighted by molar-refractivity contribution is 0.447. The third-order valence-electron chi connectivity index (χ3n) is 4.29. The zero-order valence-corrected chi connectivity index (χ0v) is 13.1. The highest BCUT2D eigenvalue weighted by Gasteiger charge is 2.10. The summed E-state index contributed by atoms with van der Waals surface area (Å²) in [6.07, 6.45) is 11.4. The van der Waals surface area contributed by atoms with Crippen molar-refractivity contribution < 1.29 is 0 Å². The van der Waals surface area contributed by atoms with E-state index in [1.807, 2.05) is 6.07 Å². The fraction of sp³-hybridized carbons (Fsp3) is 0.500. The summed E-state index contributed by atoms with van der Waals surface area (Å²) in [5, 5.41) is 3.64. The molecule has 1 saturated carbocycles. The Labute approximate surface area is 130 Å². The zero-order chi connectivity index (χ0) is 14.6. The Morgan fingerprint density at radius 1 is 0.667 bits per heavy atom. The molecule has 1 nitrogen and oxygen atoms in total. The summed E-state index contributed by atoms with van der Waals surface area (Å²) in [4.78, 5) is 0. The molecule has 1 aromatic carbocycles. The molecule has 0 aromatic heterocycles. The molecule has 2 rings (SSSR count). The predicted octanol–water partition coefficient (Wildman–Crippen LogP) is 5.97. The van der Waals surface area contributed by atoms with E-state index in [1.54, 1.807) is 0 Å². The van der Waals surface area contributed by atoms with Gasteiger partial charge in [0, 0.05) is 12.2 Å². The highest BCUT2D eigenvalue weighted by molar-refractivity contribution is 5.40. The first-order chi connectivity index (χ1) is 10.4.